The quantitative estimate of drug-likeness (QED) is 0.181. The first kappa shape index (κ1) is 26.1. The number of nitrogens with zero attached hydrogens (tertiary/aromatic N) is 5. The van der Waals surface area contributed by atoms with E-state index in [1.165, 1.54) is 43.5 Å². The number of fused-ring (bicyclic) bond motifs is 15. The van der Waals surface area contributed by atoms with Gasteiger partial charge in [-0.3, -0.25) is 8.80 Å². The maximum atomic E-state index is 6.64. The molecule has 0 atom stereocenters. The van der Waals surface area contributed by atoms with E-state index in [1.807, 2.05) is 18.5 Å². The van der Waals surface area contributed by atoms with Gasteiger partial charge in [0, 0.05) is 73.4 Å². The number of hydrogen-bond donors (Lipinski definition) is 0. The Bertz CT molecular complexity index is 3350. The summed E-state index contributed by atoms with van der Waals surface area (Å²) in [7, 11) is 0. The Morgan fingerprint density at radius 2 is 1.12 bits per heavy atom. The highest BCUT2D eigenvalue weighted by molar-refractivity contribution is 6.23. The van der Waals surface area contributed by atoms with Crippen LogP contribution < -0.4 is 4.74 Å². The number of imidazole rings is 1. The van der Waals surface area contributed by atoms with Crippen molar-refractivity contribution in [1.82, 2.24) is 23.3 Å². The van der Waals surface area contributed by atoms with E-state index in [9.17, 15) is 0 Å². The first-order chi connectivity index (χ1) is 24.8. The molecule has 0 radical (unpaired) electrons. The van der Waals surface area contributed by atoms with Crippen molar-refractivity contribution in [3.63, 3.8) is 0 Å². The maximum absolute atomic E-state index is 6.64. The van der Waals surface area contributed by atoms with Crippen molar-refractivity contribution >= 4 is 87.4 Å². The van der Waals surface area contributed by atoms with Gasteiger partial charge in [-0.2, -0.15) is 0 Å². The summed E-state index contributed by atoms with van der Waals surface area (Å²) in [5, 5.41) is 10.6. The molecule has 0 aliphatic rings. The Hall–Kier alpha value is -6.92. The number of hydrogen-bond acceptors (Lipinski definition) is 3. The van der Waals surface area contributed by atoms with Crippen LogP contribution in [0.3, 0.4) is 0 Å². The number of ether oxygens (including phenoxy) is 1. The van der Waals surface area contributed by atoms with Crippen molar-refractivity contribution in [2.75, 3.05) is 0 Å². The minimum Gasteiger partial charge on any atom is -0.457 e. The third-order valence-corrected chi connectivity index (χ3v) is 10.5. The molecular weight excluding hydrogens is 615 g/mol. The van der Waals surface area contributed by atoms with Gasteiger partial charge in [0.1, 0.15) is 22.8 Å². The lowest BCUT2D eigenvalue weighted by Crippen LogP contribution is -1.95. The molecule has 0 unspecified atom stereocenters. The molecule has 12 aromatic rings. The van der Waals surface area contributed by atoms with Crippen LogP contribution in [0.4, 0.5) is 0 Å². The fourth-order valence-corrected chi connectivity index (χ4v) is 8.45. The molecule has 0 saturated carbocycles. The molecule has 50 heavy (non-hydrogen) atoms. The van der Waals surface area contributed by atoms with Gasteiger partial charge < -0.3 is 9.30 Å². The zero-order valence-electron chi connectivity index (χ0n) is 26.6. The van der Waals surface area contributed by atoms with Crippen molar-refractivity contribution in [2.24, 2.45) is 0 Å². The van der Waals surface area contributed by atoms with E-state index in [1.54, 1.807) is 0 Å². The maximum Gasteiger partial charge on any atom is 0.145 e. The van der Waals surface area contributed by atoms with E-state index in [0.717, 1.165) is 61.1 Å². The van der Waals surface area contributed by atoms with Crippen LogP contribution in [-0.2, 0) is 0 Å². The molecule has 0 aliphatic heterocycles. The van der Waals surface area contributed by atoms with Gasteiger partial charge in [0.25, 0.3) is 0 Å². The topological polar surface area (TPSA) is 48.8 Å². The van der Waals surface area contributed by atoms with Gasteiger partial charge >= 0.3 is 0 Å². The first-order valence-electron chi connectivity index (χ1n) is 16.8. The lowest BCUT2D eigenvalue weighted by molar-refractivity contribution is 0.484. The van der Waals surface area contributed by atoms with Crippen LogP contribution in [0.15, 0.2) is 152 Å². The van der Waals surface area contributed by atoms with Gasteiger partial charge in [-0.25, -0.2) is 9.97 Å². The van der Waals surface area contributed by atoms with Crippen LogP contribution >= 0.6 is 0 Å². The standard InChI is InChI=1S/C44H25N5O/c1-2-8-26(9-3-1)48-38-14-5-4-10-30(38)36-24-39-35(25-41(36)48)29-17-15-27(22-37(29)43-46-20-21-47(39)43)50-28-16-18-31-32-11-6-12-33-34-13-7-19-45-44(34)49(42(32)33)40(31)23-28/h1-25H. The second kappa shape index (κ2) is 9.36. The molecule has 0 N–H and O–H groups in total. The van der Waals surface area contributed by atoms with Crippen LogP contribution in [0, 0.1) is 0 Å². The molecule has 6 aromatic carbocycles. The monoisotopic (exact) mass is 639 g/mol. The van der Waals surface area contributed by atoms with Crippen molar-refractivity contribution in [2.45, 2.75) is 0 Å². The molecule has 6 heteroatoms. The third kappa shape index (κ3) is 3.32. The SMILES string of the molecule is c1ccc(-n2c3ccccc3c3cc4c(cc32)c2ccc(Oc3ccc5c6cccc7c8cccnc8n(c5c3)c67)cc2c2nccn42)cc1. The fourth-order valence-electron chi connectivity index (χ4n) is 8.45. The Morgan fingerprint density at radius 3 is 2.04 bits per heavy atom. The zero-order chi connectivity index (χ0) is 32.5. The van der Waals surface area contributed by atoms with E-state index < -0.39 is 0 Å². The summed E-state index contributed by atoms with van der Waals surface area (Å²) in [5.41, 5.74) is 8.78. The van der Waals surface area contributed by atoms with E-state index in [4.69, 9.17) is 14.7 Å². The summed E-state index contributed by atoms with van der Waals surface area (Å²) in [6.45, 7) is 0. The van der Waals surface area contributed by atoms with E-state index >= 15 is 0 Å². The highest BCUT2D eigenvalue weighted by Gasteiger charge is 2.20. The van der Waals surface area contributed by atoms with Gasteiger partial charge in [-0.1, -0.05) is 54.6 Å². The number of benzene rings is 6. The molecular formula is C44H25N5O. The zero-order valence-corrected chi connectivity index (χ0v) is 26.6. The van der Waals surface area contributed by atoms with Crippen molar-refractivity contribution < 1.29 is 4.74 Å². The number of para-hydroxylation sites is 3. The lowest BCUT2D eigenvalue weighted by atomic mass is 10.0. The Morgan fingerprint density at radius 1 is 0.420 bits per heavy atom. The van der Waals surface area contributed by atoms with Gasteiger partial charge in [0.2, 0.25) is 0 Å². The second-order valence-corrected chi connectivity index (χ2v) is 13.1. The van der Waals surface area contributed by atoms with Crippen LogP contribution in [0.5, 0.6) is 11.5 Å². The summed E-state index contributed by atoms with van der Waals surface area (Å²) in [5.74, 6) is 1.54. The van der Waals surface area contributed by atoms with Crippen LogP contribution in [0.1, 0.15) is 0 Å². The average molecular weight is 640 g/mol. The van der Waals surface area contributed by atoms with Crippen molar-refractivity contribution in [3.8, 4) is 17.2 Å². The summed E-state index contributed by atoms with van der Waals surface area (Å²) >= 11 is 0. The van der Waals surface area contributed by atoms with E-state index in [-0.39, 0.29) is 0 Å². The number of rotatable bonds is 3. The largest absolute Gasteiger partial charge is 0.457 e. The molecule has 0 saturated heterocycles. The van der Waals surface area contributed by atoms with Crippen molar-refractivity contribution in [3.05, 3.63) is 152 Å². The Balaban J connectivity index is 1.06. The summed E-state index contributed by atoms with van der Waals surface area (Å²) in [6, 6.07) is 47.3. The Labute approximate surface area is 284 Å². The highest BCUT2D eigenvalue weighted by Crippen LogP contribution is 2.41. The summed E-state index contributed by atoms with van der Waals surface area (Å²) < 4.78 is 13.5. The first-order valence-corrected chi connectivity index (χ1v) is 16.8. The smallest absolute Gasteiger partial charge is 0.145 e. The molecule has 0 aliphatic carbocycles. The Kier molecular flexibility index (Phi) is 4.89. The summed E-state index contributed by atoms with van der Waals surface area (Å²) in [6.07, 6.45) is 5.80. The third-order valence-electron chi connectivity index (χ3n) is 10.5. The minimum atomic E-state index is 0.761. The van der Waals surface area contributed by atoms with Gasteiger partial charge in [-0.15, -0.1) is 0 Å². The van der Waals surface area contributed by atoms with Crippen LogP contribution in [-0.4, -0.2) is 23.3 Å². The molecule has 0 spiro atoms. The van der Waals surface area contributed by atoms with Crippen LogP contribution in [0.2, 0.25) is 0 Å². The molecule has 6 heterocycles. The summed E-state index contributed by atoms with van der Waals surface area (Å²) in [4.78, 5) is 9.63. The predicted molar refractivity (Wildman–Crippen MR) is 204 cm³/mol. The van der Waals surface area contributed by atoms with Gasteiger partial charge in [-0.05, 0) is 78.2 Å². The average Bonchev–Trinajstić information content (AvgIpc) is 3.94. The normalized spacial score (nSPS) is 12.4. The second-order valence-electron chi connectivity index (χ2n) is 13.1. The van der Waals surface area contributed by atoms with Gasteiger partial charge in [0.05, 0.1) is 27.6 Å². The van der Waals surface area contributed by atoms with E-state index in [2.05, 4.69) is 147 Å². The highest BCUT2D eigenvalue weighted by atomic mass is 16.5. The molecule has 12 rings (SSSR count). The van der Waals surface area contributed by atoms with Crippen molar-refractivity contribution in [1.29, 1.82) is 0 Å². The molecule has 0 amide bonds. The fraction of sp³-hybridized carbons (Fsp3) is 0. The molecule has 0 fully saturated rings. The van der Waals surface area contributed by atoms with E-state index in [0.29, 0.717) is 0 Å². The molecule has 6 nitrogen and oxygen atoms in total. The van der Waals surface area contributed by atoms with Gasteiger partial charge in [0.15, 0.2) is 0 Å². The van der Waals surface area contributed by atoms with Crippen LogP contribution in [0.25, 0.3) is 93.0 Å². The number of pyridine rings is 2. The molecule has 6 aromatic heterocycles. The number of aromatic nitrogens is 5. The predicted octanol–water partition coefficient (Wildman–Crippen LogP) is 11.1. The molecule has 0 bridgehead atoms. The molecule has 232 valence electrons. The minimum absolute atomic E-state index is 0.761. The lowest BCUT2D eigenvalue weighted by Gasteiger charge is -2.13.